The standard InChI is InChI=1S/C16H20FN5O/c1-11-4-2-3-9-22(11)16(23)18-10-14-19-15(21-20-14)12-5-7-13(17)8-6-12/h5-8,11H,2-4,9-10H2,1H3,(H,18,23)(H,19,20,21). The van der Waals surface area contributed by atoms with Crippen LogP contribution in [0.1, 0.15) is 32.0 Å². The molecule has 1 atom stereocenters. The summed E-state index contributed by atoms with van der Waals surface area (Å²) >= 11 is 0. The second kappa shape index (κ2) is 6.76. The lowest BCUT2D eigenvalue weighted by Crippen LogP contribution is -2.47. The fraction of sp³-hybridized carbons (Fsp3) is 0.438. The molecule has 1 aromatic heterocycles. The molecule has 0 spiro atoms. The number of nitrogens with one attached hydrogen (secondary N) is 2. The lowest BCUT2D eigenvalue weighted by atomic mass is 10.0. The molecular formula is C16H20FN5O. The molecule has 2 amide bonds. The first-order valence-electron chi connectivity index (χ1n) is 7.85. The first-order valence-corrected chi connectivity index (χ1v) is 7.85. The normalized spacial score (nSPS) is 18.0. The fourth-order valence-electron chi connectivity index (χ4n) is 2.76. The average Bonchev–Trinajstić information content (AvgIpc) is 3.03. The predicted molar refractivity (Wildman–Crippen MR) is 84.0 cm³/mol. The topological polar surface area (TPSA) is 73.9 Å². The van der Waals surface area contributed by atoms with Gasteiger partial charge in [-0.25, -0.2) is 14.2 Å². The number of benzene rings is 1. The van der Waals surface area contributed by atoms with Gasteiger partial charge in [0.25, 0.3) is 0 Å². The van der Waals surface area contributed by atoms with Crippen molar-refractivity contribution in [3.05, 3.63) is 35.9 Å². The van der Waals surface area contributed by atoms with E-state index in [1.807, 2.05) is 4.90 Å². The number of aromatic nitrogens is 3. The quantitative estimate of drug-likeness (QED) is 0.914. The van der Waals surface area contributed by atoms with Gasteiger partial charge in [-0.1, -0.05) is 0 Å². The Morgan fingerprint density at radius 1 is 1.39 bits per heavy atom. The van der Waals surface area contributed by atoms with Crippen molar-refractivity contribution < 1.29 is 9.18 Å². The molecule has 2 heterocycles. The van der Waals surface area contributed by atoms with Crippen LogP contribution in [0.15, 0.2) is 24.3 Å². The van der Waals surface area contributed by atoms with E-state index in [0.29, 0.717) is 11.6 Å². The summed E-state index contributed by atoms with van der Waals surface area (Å²) in [5.74, 6) is 0.760. The largest absolute Gasteiger partial charge is 0.331 e. The number of rotatable bonds is 3. The van der Waals surface area contributed by atoms with Crippen LogP contribution in [0.3, 0.4) is 0 Å². The third-order valence-corrected chi connectivity index (χ3v) is 4.11. The van der Waals surface area contributed by atoms with Crippen molar-refractivity contribution in [2.45, 2.75) is 38.8 Å². The minimum Gasteiger partial charge on any atom is -0.331 e. The van der Waals surface area contributed by atoms with Gasteiger partial charge in [0.15, 0.2) is 5.82 Å². The van der Waals surface area contributed by atoms with Crippen LogP contribution in [0.2, 0.25) is 0 Å². The van der Waals surface area contributed by atoms with Gasteiger partial charge >= 0.3 is 6.03 Å². The summed E-state index contributed by atoms with van der Waals surface area (Å²) in [7, 11) is 0. The van der Waals surface area contributed by atoms with Gasteiger partial charge in [-0.05, 0) is 50.5 Å². The Bertz CT molecular complexity index is 669. The van der Waals surface area contributed by atoms with Gasteiger partial charge in [-0.3, -0.25) is 5.10 Å². The maximum Gasteiger partial charge on any atom is 0.318 e. The fourth-order valence-corrected chi connectivity index (χ4v) is 2.76. The highest BCUT2D eigenvalue weighted by molar-refractivity contribution is 5.74. The van der Waals surface area contributed by atoms with E-state index in [2.05, 4.69) is 27.4 Å². The second-order valence-corrected chi connectivity index (χ2v) is 5.81. The summed E-state index contributed by atoms with van der Waals surface area (Å²) in [6, 6.07) is 6.17. The van der Waals surface area contributed by atoms with Crippen LogP contribution >= 0.6 is 0 Å². The molecule has 7 heteroatoms. The molecule has 1 fully saturated rings. The number of nitrogens with zero attached hydrogens (tertiary/aromatic N) is 3. The second-order valence-electron chi connectivity index (χ2n) is 5.81. The molecule has 2 N–H and O–H groups in total. The van der Waals surface area contributed by atoms with Crippen LogP contribution in [-0.2, 0) is 6.54 Å². The molecule has 23 heavy (non-hydrogen) atoms. The van der Waals surface area contributed by atoms with E-state index in [4.69, 9.17) is 0 Å². The molecule has 1 aromatic carbocycles. The lowest BCUT2D eigenvalue weighted by molar-refractivity contribution is 0.157. The molecule has 1 saturated heterocycles. The van der Waals surface area contributed by atoms with E-state index in [-0.39, 0.29) is 24.4 Å². The number of hydrogen-bond acceptors (Lipinski definition) is 3. The van der Waals surface area contributed by atoms with Gasteiger partial charge in [0.05, 0.1) is 6.54 Å². The smallest absolute Gasteiger partial charge is 0.318 e. The van der Waals surface area contributed by atoms with Crippen molar-refractivity contribution in [1.82, 2.24) is 25.4 Å². The van der Waals surface area contributed by atoms with Gasteiger partial charge in [-0.2, -0.15) is 5.10 Å². The maximum atomic E-state index is 12.9. The Hall–Kier alpha value is -2.44. The molecule has 0 bridgehead atoms. The Kier molecular flexibility index (Phi) is 4.55. The first-order chi connectivity index (χ1) is 11.1. The highest BCUT2D eigenvalue weighted by atomic mass is 19.1. The molecule has 0 aliphatic carbocycles. The third kappa shape index (κ3) is 3.67. The van der Waals surface area contributed by atoms with Crippen molar-refractivity contribution in [2.24, 2.45) is 0 Å². The number of amides is 2. The van der Waals surface area contributed by atoms with Crippen molar-refractivity contribution in [1.29, 1.82) is 0 Å². The van der Waals surface area contributed by atoms with E-state index < -0.39 is 0 Å². The molecule has 122 valence electrons. The number of piperidine rings is 1. The van der Waals surface area contributed by atoms with Gasteiger partial charge in [0, 0.05) is 18.2 Å². The molecule has 1 aliphatic rings. The number of urea groups is 1. The summed E-state index contributed by atoms with van der Waals surface area (Å²) in [6.07, 6.45) is 3.27. The monoisotopic (exact) mass is 317 g/mol. The molecule has 1 aliphatic heterocycles. The van der Waals surface area contributed by atoms with Gasteiger partial charge < -0.3 is 10.2 Å². The molecule has 1 unspecified atom stereocenters. The first kappa shape index (κ1) is 15.5. The number of halogens is 1. The highest BCUT2D eigenvalue weighted by Crippen LogP contribution is 2.17. The minimum absolute atomic E-state index is 0.0723. The zero-order valence-corrected chi connectivity index (χ0v) is 13.1. The van der Waals surface area contributed by atoms with Crippen LogP contribution in [-0.4, -0.2) is 38.7 Å². The van der Waals surface area contributed by atoms with Crippen molar-refractivity contribution in [3.63, 3.8) is 0 Å². The number of hydrogen-bond donors (Lipinski definition) is 2. The number of likely N-dealkylation sites (tertiary alicyclic amines) is 1. The molecule has 2 aromatic rings. The Labute approximate surface area is 134 Å². The SMILES string of the molecule is CC1CCCCN1C(=O)NCc1nc(-c2ccc(F)cc2)n[nH]1. The Morgan fingerprint density at radius 2 is 2.17 bits per heavy atom. The number of aromatic amines is 1. The number of carbonyl (C=O) groups is 1. The van der Waals surface area contributed by atoms with Crippen molar-refractivity contribution in [2.75, 3.05) is 6.54 Å². The van der Waals surface area contributed by atoms with Crippen LogP contribution < -0.4 is 5.32 Å². The van der Waals surface area contributed by atoms with E-state index in [9.17, 15) is 9.18 Å². The molecule has 6 nitrogen and oxygen atoms in total. The van der Waals surface area contributed by atoms with E-state index in [1.165, 1.54) is 18.6 Å². The van der Waals surface area contributed by atoms with Crippen LogP contribution in [0.25, 0.3) is 11.4 Å². The van der Waals surface area contributed by atoms with E-state index in [0.717, 1.165) is 24.9 Å². The zero-order chi connectivity index (χ0) is 16.2. The lowest BCUT2D eigenvalue weighted by Gasteiger charge is -2.33. The summed E-state index contributed by atoms with van der Waals surface area (Å²) in [4.78, 5) is 18.4. The average molecular weight is 317 g/mol. The molecular weight excluding hydrogens is 297 g/mol. The van der Waals surface area contributed by atoms with Gasteiger partial charge in [0.1, 0.15) is 11.6 Å². The van der Waals surface area contributed by atoms with E-state index in [1.54, 1.807) is 12.1 Å². The van der Waals surface area contributed by atoms with Gasteiger partial charge in [-0.15, -0.1) is 0 Å². The van der Waals surface area contributed by atoms with Crippen LogP contribution in [0.4, 0.5) is 9.18 Å². The summed E-state index contributed by atoms with van der Waals surface area (Å²) in [5.41, 5.74) is 0.727. The Morgan fingerprint density at radius 3 is 2.91 bits per heavy atom. The zero-order valence-electron chi connectivity index (χ0n) is 13.1. The highest BCUT2D eigenvalue weighted by Gasteiger charge is 2.22. The molecule has 0 radical (unpaired) electrons. The summed E-state index contributed by atoms with van der Waals surface area (Å²) in [5, 5.41) is 9.76. The van der Waals surface area contributed by atoms with E-state index >= 15 is 0 Å². The van der Waals surface area contributed by atoms with Crippen molar-refractivity contribution >= 4 is 6.03 Å². The van der Waals surface area contributed by atoms with Gasteiger partial charge in [0.2, 0.25) is 0 Å². The molecule has 3 rings (SSSR count). The predicted octanol–water partition coefficient (Wildman–Crippen LogP) is 2.69. The van der Waals surface area contributed by atoms with Crippen LogP contribution in [0, 0.1) is 5.82 Å². The molecule has 0 saturated carbocycles. The maximum absolute atomic E-state index is 12.9. The Balaban J connectivity index is 1.58. The van der Waals surface area contributed by atoms with Crippen LogP contribution in [0.5, 0.6) is 0 Å². The third-order valence-electron chi connectivity index (χ3n) is 4.11. The van der Waals surface area contributed by atoms with Crippen molar-refractivity contribution in [3.8, 4) is 11.4 Å². The summed E-state index contributed by atoms with van der Waals surface area (Å²) in [6.45, 7) is 3.15. The number of H-pyrrole nitrogens is 1. The summed E-state index contributed by atoms with van der Waals surface area (Å²) < 4.78 is 12.9. The number of carbonyl (C=O) groups excluding carboxylic acids is 1. The minimum atomic E-state index is -0.299.